The average molecular weight is 482 g/mol. The molecule has 18 nitrogen and oxygen atoms in total. The number of hydrogen-bond acceptors (Lipinski definition) is 12. The van der Waals surface area contributed by atoms with Gasteiger partial charge in [0.15, 0.2) is 0 Å². The van der Waals surface area contributed by atoms with Crippen molar-refractivity contribution in [1.82, 2.24) is 0 Å². The summed E-state index contributed by atoms with van der Waals surface area (Å²) in [5.41, 5.74) is 0. The summed E-state index contributed by atoms with van der Waals surface area (Å²) in [6, 6.07) is 0. The molecule has 0 heterocycles. The molecular formula is H4KN4O14Tb. The maximum Gasteiger partial charge on any atom is 3.00 e. The third-order valence-electron chi connectivity index (χ3n) is 0. The van der Waals surface area contributed by atoms with Crippen molar-refractivity contribution in [1.29, 1.82) is 0 Å². The quantitative estimate of drug-likeness (QED) is 0.177. The Morgan fingerprint density at radius 3 is 0.450 bits per heavy atom. The van der Waals surface area contributed by atoms with Gasteiger partial charge in [0.1, 0.15) is 0 Å². The SMILES string of the molecule is O.O.O=[N+]([O-])[O-].O=[N+]([O-])[O-].O=[N+]([O-])[O-].O=[N+]([O-])[O-].[K+].[Tb+3]. The summed E-state index contributed by atoms with van der Waals surface area (Å²) in [7, 11) is 0. The van der Waals surface area contributed by atoms with Crippen molar-refractivity contribution in [3.8, 4) is 0 Å². The Kier molecular flexibility index (Phi) is 108. The smallest absolute Gasteiger partial charge is 0.412 e. The van der Waals surface area contributed by atoms with Crippen LogP contribution < -0.4 is 51.4 Å². The van der Waals surface area contributed by atoms with Gasteiger partial charge in [-0.2, -0.15) is 0 Å². The Balaban J connectivity index is -0.0000000150. The molecule has 0 unspecified atom stereocenters. The van der Waals surface area contributed by atoms with Crippen molar-refractivity contribution in [2.24, 2.45) is 0 Å². The Bertz CT molecular complexity index is 165. The van der Waals surface area contributed by atoms with Crippen molar-refractivity contribution in [2.45, 2.75) is 0 Å². The minimum atomic E-state index is -1.75. The van der Waals surface area contributed by atoms with Crippen LogP contribution in [0.1, 0.15) is 0 Å². The second-order valence-corrected chi connectivity index (χ2v) is 0.894. The average Bonchev–Trinajstić information content (AvgIpc) is 1.76. The molecule has 0 amide bonds. The predicted octanol–water partition coefficient (Wildman–Crippen LogP) is -5.60. The van der Waals surface area contributed by atoms with Gasteiger partial charge in [-0.1, -0.05) is 0 Å². The van der Waals surface area contributed by atoms with Crippen molar-refractivity contribution < 1.29 is 121 Å². The van der Waals surface area contributed by atoms with Crippen LogP contribution in [0.25, 0.3) is 0 Å². The van der Waals surface area contributed by atoms with Crippen molar-refractivity contribution in [3.05, 3.63) is 61.3 Å². The monoisotopic (exact) mass is 482 g/mol. The molecule has 118 valence electrons. The zero-order valence-corrected chi connectivity index (χ0v) is 14.3. The molecule has 4 N–H and O–H groups in total. The van der Waals surface area contributed by atoms with E-state index in [0.29, 0.717) is 0 Å². The predicted molar refractivity (Wildman–Crippen MR) is 48.7 cm³/mol. The van der Waals surface area contributed by atoms with Crippen LogP contribution >= 0.6 is 0 Å². The summed E-state index contributed by atoms with van der Waals surface area (Å²) in [4.78, 5) is 33.0. The van der Waals surface area contributed by atoms with Crippen LogP contribution in [0.2, 0.25) is 0 Å². The molecule has 0 saturated carbocycles. The molecule has 0 aliphatic rings. The zero-order chi connectivity index (χ0) is 14.3. The van der Waals surface area contributed by atoms with Crippen LogP contribution in [-0.4, -0.2) is 31.3 Å². The first-order chi connectivity index (χ1) is 6.93. The molecular weight excluding hydrogens is 478 g/mol. The molecule has 0 saturated heterocycles. The molecule has 20 heteroatoms. The van der Waals surface area contributed by atoms with Crippen LogP contribution in [-0.2, 0) is 0 Å². The van der Waals surface area contributed by atoms with E-state index in [0.717, 1.165) is 0 Å². The Morgan fingerprint density at radius 2 is 0.450 bits per heavy atom. The van der Waals surface area contributed by atoms with Gasteiger partial charge in [-0.25, -0.2) is 0 Å². The molecule has 0 aromatic carbocycles. The third-order valence-corrected chi connectivity index (χ3v) is 0. The third kappa shape index (κ3) is 38100. The van der Waals surface area contributed by atoms with Gasteiger partial charge in [-0.15, -0.1) is 0 Å². The maximum atomic E-state index is 8.25. The summed E-state index contributed by atoms with van der Waals surface area (Å²) in [5, 5.41) is 59.0. The largest absolute Gasteiger partial charge is 3.00 e. The minimum Gasteiger partial charge on any atom is -0.412 e. The molecule has 0 rings (SSSR count). The normalized spacial score (nSPS) is 4.80. The number of rotatable bonds is 0. The van der Waals surface area contributed by atoms with Gasteiger partial charge in [0.05, 0.1) is 20.3 Å². The number of nitrogens with zero attached hydrogens (tertiary/aromatic N) is 4. The second kappa shape index (κ2) is 42.8. The van der Waals surface area contributed by atoms with E-state index in [2.05, 4.69) is 0 Å². The van der Waals surface area contributed by atoms with E-state index in [4.69, 9.17) is 61.3 Å². The topological polar surface area (TPSA) is 328 Å². The first-order valence-electron chi connectivity index (χ1n) is 2.19. The van der Waals surface area contributed by atoms with E-state index >= 15 is 0 Å². The van der Waals surface area contributed by atoms with Gasteiger partial charge in [-0.3, -0.25) is 0 Å². The zero-order valence-electron chi connectivity index (χ0n) is 9.02. The van der Waals surface area contributed by atoms with Gasteiger partial charge in [0, 0.05) is 0 Å². The fourth-order valence-electron chi connectivity index (χ4n) is 0. The molecule has 20 heavy (non-hydrogen) atoms. The Labute approximate surface area is 180 Å². The Morgan fingerprint density at radius 1 is 0.450 bits per heavy atom. The van der Waals surface area contributed by atoms with Crippen LogP contribution in [0.4, 0.5) is 0 Å². The molecule has 0 aromatic heterocycles. The summed E-state index contributed by atoms with van der Waals surface area (Å²) >= 11 is 0. The fourth-order valence-corrected chi connectivity index (χ4v) is 0. The van der Waals surface area contributed by atoms with E-state index in [1.54, 1.807) is 0 Å². The number of hydrogen-bond donors (Lipinski definition) is 0. The molecule has 0 radical (unpaired) electrons. The van der Waals surface area contributed by atoms with Crippen molar-refractivity contribution in [2.75, 3.05) is 0 Å². The second-order valence-electron chi connectivity index (χ2n) is 0.894. The molecule has 0 aliphatic heterocycles. The fraction of sp³-hybridized carbons (Fsp3) is 0. The van der Waals surface area contributed by atoms with E-state index < -0.39 is 20.3 Å². The van der Waals surface area contributed by atoms with Gasteiger partial charge in [0.25, 0.3) is 0 Å². The first-order valence-corrected chi connectivity index (χ1v) is 2.19. The van der Waals surface area contributed by atoms with Gasteiger partial charge < -0.3 is 72.2 Å². The van der Waals surface area contributed by atoms with Gasteiger partial charge in [-0.05, 0) is 0 Å². The maximum absolute atomic E-state index is 8.25. The summed E-state index contributed by atoms with van der Waals surface area (Å²) in [6.45, 7) is 0. The van der Waals surface area contributed by atoms with Crippen molar-refractivity contribution >= 4 is 0 Å². The van der Waals surface area contributed by atoms with E-state index in [1.165, 1.54) is 0 Å². The van der Waals surface area contributed by atoms with Gasteiger partial charge in [0.2, 0.25) is 0 Å². The molecule has 0 aromatic rings. The molecule has 0 fully saturated rings. The molecule has 0 aliphatic carbocycles. The summed E-state index contributed by atoms with van der Waals surface area (Å²) < 4.78 is 0. The molecule has 0 atom stereocenters. The summed E-state index contributed by atoms with van der Waals surface area (Å²) in [6.07, 6.45) is 0. The van der Waals surface area contributed by atoms with Crippen molar-refractivity contribution in [3.63, 3.8) is 0 Å². The first kappa shape index (κ1) is 50.4. The van der Waals surface area contributed by atoms with Crippen LogP contribution in [0.15, 0.2) is 0 Å². The standard InChI is InChI=1S/K.4NO3.2H2O.Tb/c;4*2-1(3)4;;;/h;;;;;2*1H2;/q+1;4*-1;;;+3. The molecule has 0 bridgehead atoms. The van der Waals surface area contributed by atoms with Gasteiger partial charge >= 0.3 is 90.0 Å². The van der Waals surface area contributed by atoms with E-state index in [-0.39, 0.29) is 101 Å². The van der Waals surface area contributed by atoms with Crippen LogP contribution in [0.5, 0.6) is 0 Å². The van der Waals surface area contributed by atoms with E-state index in [1.807, 2.05) is 0 Å². The molecule has 0 spiro atoms. The van der Waals surface area contributed by atoms with Crippen LogP contribution in [0.3, 0.4) is 0 Å². The summed E-state index contributed by atoms with van der Waals surface area (Å²) in [5.74, 6) is 0. The van der Waals surface area contributed by atoms with Crippen LogP contribution in [0, 0.1) is 99.9 Å². The van der Waals surface area contributed by atoms with E-state index in [9.17, 15) is 0 Å². The minimum absolute atomic E-state index is 0. The Hall–Kier alpha value is -0.358.